The first kappa shape index (κ1) is 19.8. The van der Waals surface area contributed by atoms with E-state index in [-0.39, 0.29) is 17.2 Å². The Morgan fingerprint density at radius 3 is 2.43 bits per heavy atom. The predicted molar refractivity (Wildman–Crippen MR) is 105 cm³/mol. The molecule has 0 N–H and O–H groups in total. The van der Waals surface area contributed by atoms with E-state index in [1.54, 1.807) is 48.5 Å². The Hall–Kier alpha value is -3.50. The summed E-state index contributed by atoms with van der Waals surface area (Å²) in [5.41, 5.74) is 0.531. The number of nitrogens with zero attached hydrogens (tertiary/aromatic N) is 2. The Balaban J connectivity index is 1.80. The van der Waals surface area contributed by atoms with Gasteiger partial charge in [0.2, 0.25) is 12.0 Å². The predicted octanol–water partition coefficient (Wildman–Crippen LogP) is 6.81. The van der Waals surface area contributed by atoms with E-state index in [4.69, 9.17) is 20.8 Å². The van der Waals surface area contributed by atoms with E-state index >= 15 is 0 Å². The van der Waals surface area contributed by atoms with Gasteiger partial charge >= 0.3 is 6.18 Å². The number of para-hydroxylation sites is 2. The second-order valence-electron chi connectivity index (χ2n) is 6.37. The number of aromatic nitrogens is 1. The number of rotatable bonds is 4. The van der Waals surface area contributed by atoms with Crippen molar-refractivity contribution in [2.75, 3.05) is 0 Å². The molecule has 0 radical (unpaired) electrons. The molecule has 0 amide bonds. The van der Waals surface area contributed by atoms with Crippen LogP contribution in [0.5, 0.6) is 5.75 Å². The molecule has 0 fully saturated rings. The molecule has 4 rings (SSSR count). The lowest BCUT2D eigenvalue weighted by molar-refractivity contribution is -0.137. The molecule has 4 nitrogen and oxygen atoms in total. The lowest BCUT2D eigenvalue weighted by atomic mass is 10.1. The molecular formula is C22H12ClF3N2O2. The van der Waals surface area contributed by atoms with Crippen molar-refractivity contribution in [3.05, 3.63) is 82.9 Å². The number of hydrogen-bond acceptors (Lipinski definition) is 4. The van der Waals surface area contributed by atoms with Crippen LogP contribution in [0.4, 0.5) is 13.2 Å². The van der Waals surface area contributed by atoms with E-state index in [1.165, 1.54) is 0 Å². The van der Waals surface area contributed by atoms with Gasteiger partial charge in [0.1, 0.15) is 17.3 Å². The largest absolute Gasteiger partial charge is 0.470 e. The van der Waals surface area contributed by atoms with E-state index in [9.17, 15) is 18.4 Å². The number of ether oxygens (including phenoxy) is 1. The van der Waals surface area contributed by atoms with Gasteiger partial charge in [0.05, 0.1) is 11.1 Å². The van der Waals surface area contributed by atoms with Crippen LogP contribution < -0.4 is 4.74 Å². The van der Waals surface area contributed by atoms with Gasteiger partial charge in [-0.15, -0.1) is 0 Å². The topological polar surface area (TPSA) is 59.0 Å². The molecule has 0 aliphatic heterocycles. The number of halogens is 4. The van der Waals surface area contributed by atoms with Crippen LogP contribution in [0.3, 0.4) is 0 Å². The highest BCUT2D eigenvalue weighted by Crippen LogP contribution is 2.39. The first-order chi connectivity index (χ1) is 14.3. The average Bonchev–Trinajstić information content (AvgIpc) is 3.16. The third-order valence-electron chi connectivity index (χ3n) is 4.37. The number of fused-ring (bicyclic) bond motifs is 1. The van der Waals surface area contributed by atoms with Crippen molar-refractivity contribution in [3.63, 3.8) is 0 Å². The molecule has 30 heavy (non-hydrogen) atoms. The summed E-state index contributed by atoms with van der Waals surface area (Å²) in [5.74, 6) is 0.00107. The highest BCUT2D eigenvalue weighted by Gasteiger charge is 2.32. The zero-order valence-corrected chi connectivity index (χ0v) is 15.9. The molecule has 0 spiro atoms. The zero-order chi connectivity index (χ0) is 21.3. The smallest absolute Gasteiger partial charge is 0.416 e. The third-order valence-corrected chi connectivity index (χ3v) is 4.62. The van der Waals surface area contributed by atoms with Gasteiger partial charge in [0.15, 0.2) is 5.58 Å². The van der Waals surface area contributed by atoms with Crippen molar-refractivity contribution in [2.45, 2.75) is 12.3 Å². The van der Waals surface area contributed by atoms with Crippen LogP contribution in [0.2, 0.25) is 5.02 Å². The van der Waals surface area contributed by atoms with Crippen molar-refractivity contribution >= 4 is 22.7 Å². The van der Waals surface area contributed by atoms with Crippen LogP contribution in [0, 0.1) is 11.3 Å². The Labute approximate surface area is 174 Å². The number of benzene rings is 3. The minimum Gasteiger partial charge on any atom is -0.470 e. The number of nitriles is 1. The molecular weight excluding hydrogens is 417 g/mol. The first-order valence-corrected chi connectivity index (χ1v) is 9.12. The molecule has 8 heteroatoms. The SMILES string of the molecule is N#CC(Oc1ccc(C(F)(F)F)cc1-c1nc2ccccc2o1)c1ccc(Cl)cc1. The van der Waals surface area contributed by atoms with Crippen LogP contribution in [0.1, 0.15) is 17.2 Å². The van der Waals surface area contributed by atoms with Crippen LogP contribution >= 0.6 is 11.6 Å². The van der Waals surface area contributed by atoms with Gasteiger partial charge in [0, 0.05) is 10.6 Å². The maximum absolute atomic E-state index is 13.3. The fourth-order valence-corrected chi connectivity index (χ4v) is 3.02. The fraction of sp³-hybridized carbons (Fsp3) is 0.0909. The maximum Gasteiger partial charge on any atom is 0.416 e. The van der Waals surface area contributed by atoms with E-state index in [0.717, 1.165) is 18.2 Å². The van der Waals surface area contributed by atoms with Crippen LogP contribution in [-0.2, 0) is 6.18 Å². The summed E-state index contributed by atoms with van der Waals surface area (Å²) in [4.78, 5) is 4.27. The average molecular weight is 429 g/mol. The van der Waals surface area contributed by atoms with Crippen LogP contribution in [0.25, 0.3) is 22.6 Å². The lowest BCUT2D eigenvalue weighted by Gasteiger charge is -2.16. The quantitative estimate of drug-likeness (QED) is 0.358. The summed E-state index contributed by atoms with van der Waals surface area (Å²) in [6.45, 7) is 0. The molecule has 1 heterocycles. The van der Waals surface area contributed by atoms with Gasteiger partial charge in [-0.05, 0) is 42.5 Å². The molecule has 3 aromatic carbocycles. The number of oxazole rings is 1. The second kappa shape index (κ2) is 7.73. The van der Waals surface area contributed by atoms with E-state index in [1.807, 2.05) is 6.07 Å². The fourth-order valence-electron chi connectivity index (χ4n) is 2.90. The summed E-state index contributed by atoms with van der Waals surface area (Å²) < 4.78 is 51.3. The van der Waals surface area contributed by atoms with Gasteiger partial charge in [-0.3, -0.25) is 0 Å². The normalized spacial score (nSPS) is 12.5. The molecule has 1 atom stereocenters. The van der Waals surface area contributed by atoms with Gasteiger partial charge in [-0.1, -0.05) is 35.9 Å². The van der Waals surface area contributed by atoms with E-state index in [2.05, 4.69) is 4.98 Å². The molecule has 1 unspecified atom stereocenters. The minimum absolute atomic E-state index is 0.00441. The molecule has 0 saturated carbocycles. The number of alkyl halides is 3. The zero-order valence-electron chi connectivity index (χ0n) is 15.2. The van der Waals surface area contributed by atoms with Crippen LogP contribution in [-0.4, -0.2) is 4.98 Å². The van der Waals surface area contributed by atoms with Gasteiger partial charge < -0.3 is 9.15 Å². The molecule has 150 valence electrons. The van der Waals surface area contributed by atoms with Crippen molar-refractivity contribution in [1.29, 1.82) is 5.26 Å². The van der Waals surface area contributed by atoms with E-state index < -0.39 is 17.8 Å². The maximum atomic E-state index is 13.3. The molecule has 0 saturated heterocycles. The highest BCUT2D eigenvalue weighted by atomic mass is 35.5. The van der Waals surface area contributed by atoms with Gasteiger partial charge in [-0.2, -0.15) is 18.4 Å². The highest BCUT2D eigenvalue weighted by molar-refractivity contribution is 6.30. The minimum atomic E-state index is -4.57. The van der Waals surface area contributed by atoms with E-state index in [0.29, 0.717) is 21.7 Å². The lowest BCUT2D eigenvalue weighted by Crippen LogP contribution is -2.08. The van der Waals surface area contributed by atoms with Crippen molar-refractivity contribution in [2.24, 2.45) is 0 Å². The second-order valence-corrected chi connectivity index (χ2v) is 6.81. The monoisotopic (exact) mass is 428 g/mol. The van der Waals surface area contributed by atoms with Crippen LogP contribution in [0.15, 0.2) is 71.1 Å². The molecule has 0 aliphatic rings. The van der Waals surface area contributed by atoms with Crippen molar-refractivity contribution in [3.8, 4) is 23.3 Å². The summed E-state index contributed by atoms with van der Waals surface area (Å²) in [7, 11) is 0. The molecule has 0 bridgehead atoms. The Bertz CT molecular complexity index is 1210. The standard InChI is InChI=1S/C22H12ClF3N2O2/c23-15-8-5-13(6-9-15)20(12-27)29-18-10-7-14(22(24,25)26)11-16(18)21-28-17-3-1-2-4-19(17)30-21/h1-11,20H. The summed E-state index contributed by atoms with van der Waals surface area (Å²) in [6, 6.07) is 18.2. The van der Waals surface area contributed by atoms with Gasteiger partial charge in [0.25, 0.3) is 0 Å². The Morgan fingerprint density at radius 2 is 1.77 bits per heavy atom. The third kappa shape index (κ3) is 3.95. The molecule has 4 aromatic rings. The summed E-state index contributed by atoms with van der Waals surface area (Å²) >= 11 is 5.87. The molecule has 1 aromatic heterocycles. The Morgan fingerprint density at radius 1 is 1.03 bits per heavy atom. The summed E-state index contributed by atoms with van der Waals surface area (Å²) in [5, 5.41) is 10.0. The van der Waals surface area contributed by atoms with Crippen molar-refractivity contribution in [1.82, 2.24) is 4.98 Å². The number of hydrogen-bond donors (Lipinski definition) is 0. The van der Waals surface area contributed by atoms with Gasteiger partial charge in [-0.25, -0.2) is 4.98 Å². The first-order valence-electron chi connectivity index (χ1n) is 8.74. The summed E-state index contributed by atoms with van der Waals surface area (Å²) in [6.07, 6.45) is -5.63. The van der Waals surface area contributed by atoms with Crippen molar-refractivity contribution < 1.29 is 22.3 Å². The molecule has 0 aliphatic carbocycles. The Kier molecular flexibility index (Phi) is 5.10.